The van der Waals surface area contributed by atoms with Crippen molar-refractivity contribution in [3.05, 3.63) is 24.3 Å². The molecule has 0 aromatic heterocycles. The van der Waals surface area contributed by atoms with E-state index in [1.54, 1.807) is 0 Å². The summed E-state index contributed by atoms with van der Waals surface area (Å²) in [5.41, 5.74) is 0. The molecule has 113 heavy (non-hydrogen) atoms. The first-order chi connectivity index (χ1) is 54.9. The van der Waals surface area contributed by atoms with E-state index in [2.05, 4.69) is 87.1 Å². The molecule has 22 nitrogen and oxygen atoms in total. The van der Waals surface area contributed by atoms with Crippen molar-refractivity contribution in [1.82, 2.24) is 21.3 Å². The van der Waals surface area contributed by atoms with Gasteiger partial charge in [0, 0.05) is 51.6 Å². The smallest absolute Gasteiger partial charge is 0.306 e. The number of phosphoric ester groups is 2. The highest BCUT2D eigenvalue weighted by atomic mass is 31.2. The van der Waals surface area contributed by atoms with E-state index in [0.717, 1.165) is 128 Å². The van der Waals surface area contributed by atoms with E-state index in [1.165, 1.54) is 167 Å². The summed E-state index contributed by atoms with van der Waals surface area (Å²) in [4.78, 5) is 104. The third kappa shape index (κ3) is 79.3. The van der Waals surface area contributed by atoms with Crippen LogP contribution in [0.25, 0.3) is 0 Å². The predicted octanol–water partition coefficient (Wildman–Crippen LogP) is 21.3. The van der Waals surface area contributed by atoms with E-state index in [0.29, 0.717) is 64.2 Å². The van der Waals surface area contributed by atoms with E-state index in [1.807, 2.05) is 0 Å². The second-order valence-corrected chi connectivity index (χ2v) is 34.1. The fourth-order valence-corrected chi connectivity index (χ4v) is 14.8. The Bertz CT molecular complexity index is 2230. The molecule has 0 saturated heterocycles. The average Bonchev–Trinajstić information content (AvgIpc) is 0.911. The number of hydrogen-bond donors (Lipinski definition) is 4. The molecule has 0 radical (unpaired) electrons. The van der Waals surface area contributed by atoms with Gasteiger partial charge in [-0.1, -0.05) is 310 Å². The van der Waals surface area contributed by atoms with E-state index in [4.69, 9.17) is 37.0 Å². The van der Waals surface area contributed by atoms with Gasteiger partial charge in [-0.05, 0) is 89.9 Å². The highest BCUT2D eigenvalue weighted by Gasteiger charge is 2.23. The van der Waals surface area contributed by atoms with Gasteiger partial charge in [-0.15, -0.1) is 0 Å². The molecule has 0 rings (SSSR count). The standard InChI is InChI=1S/C89H170N4O18P2/c1-7-13-19-25-29-33-35-37-39-43-45-51-57-63-84(94)92-80(76-104-71-67-82(61-55-49-23-17-11-5)110-88(98)65-59-53-47-41-31-27-21-15-9-3)78-108-112(100,101)106-73-69-90-86(96)75-87(97)91-70-74-107-113(102,103)109-79-81(93-85(95)64-58-52-46-44-40-38-36-34-30-26-20-14-8-2)77-105-72-68-83(62-56-50-24-18-12-6)111-89(99)66-60-54-48-42-32-28-22-16-10-4/h41-42,47-48,80-83H,7-40,43-46,49-79H2,1-6H3,(H,90,96)(H,91,97)(H,92,94)(H,93,95)(H,100,101)(H,102,103)/p-2/b47-41-,48-42-. The molecule has 6 atom stereocenters. The molecule has 0 bridgehead atoms. The third-order valence-corrected chi connectivity index (χ3v) is 22.2. The monoisotopic (exact) mass is 1640 g/mol. The molecule has 24 heteroatoms. The van der Waals surface area contributed by atoms with Crippen molar-refractivity contribution in [1.29, 1.82) is 0 Å². The Kier molecular flexibility index (Phi) is 79.6. The number of allylic oxidation sites excluding steroid dienone is 4. The van der Waals surface area contributed by atoms with E-state index in [9.17, 15) is 47.7 Å². The highest BCUT2D eigenvalue weighted by Crippen LogP contribution is 2.39. The summed E-state index contributed by atoms with van der Waals surface area (Å²) in [7, 11) is -9.99. The molecular weight excluding hydrogens is 1470 g/mol. The maximum Gasteiger partial charge on any atom is 0.306 e. The molecule has 4 N–H and O–H groups in total. The molecule has 0 spiro atoms. The maximum atomic E-state index is 13.3. The number of hydrogen-bond acceptors (Lipinski definition) is 18. The van der Waals surface area contributed by atoms with Gasteiger partial charge in [0.1, 0.15) is 18.6 Å². The van der Waals surface area contributed by atoms with Crippen LogP contribution in [0, 0.1) is 0 Å². The predicted molar refractivity (Wildman–Crippen MR) is 455 cm³/mol. The summed E-state index contributed by atoms with van der Waals surface area (Å²) in [6, 6.07) is -1.74. The molecule has 0 fully saturated rings. The lowest BCUT2D eigenvalue weighted by Gasteiger charge is -2.26. The lowest BCUT2D eigenvalue weighted by atomic mass is 10.0. The van der Waals surface area contributed by atoms with Gasteiger partial charge in [0.15, 0.2) is 0 Å². The molecular formula is C89H168N4O18P2-2. The van der Waals surface area contributed by atoms with Gasteiger partial charge in [-0.25, -0.2) is 0 Å². The number of rotatable bonds is 88. The van der Waals surface area contributed by atoms with Crippen molar-refractivity contribution in [2.24, 2.45) is 0 Å². The van der Waals surface area contributed by atoms with Gasteiger partial charge in [0.25, 0.3) is 15.6 Å². The van der Waals surface area contributed by atoms with Crippen molar-refractivity contribution in [2.75, 3.05) is 65.9 Å². The lowest BCUT2D eigenvalue weighted by molar-refractivity contribution is -0.227. The number of carbonyl (C=O) groups is 6. The van der Waals surface area contributed by atoms with Crippen LogP contribution in [0.1, 0.15) is 420 Å². The zero-order valence-electron chi connectivity index (χ0n) is 72.7. The Balaban J connectivity index is 5.58. The number of unbranched alkanes of at least 4 members (excludes halogenated alkanes) is 42. The molecule has 0 aliphatic rings. The minimum atomic E-state index is -4.99. The quantitative estimate of drug-likeness (QED) is 0.0145. The third-order valence-electron chi connectivity index (χ3n) is 20.2. The first-order valence-corrected chi connectivity index (χ1v) is 49.0. The first kappa shape index (κ1) is 109. The van der Waals surface area contributed by atoms with Crippen molar-refractivity contribution < 1.29 is 84.7 Å². The Labute approximate surface area is 688 Å². The van der Waals surface area contributed by atoms with Crippen LogP contribution >= 0.6 is 15.6 Å². The van der Waals surface area contributed by atoms with Crippen LogP contribution in [-0.2, 0) is 74.9 Å². The number of amides is 4. The molecule has 0 aliphatic heterocycles. The Morgan fingerprint density at radius 1 is 0.301 bits per heavy atom. The molecule has 0 aliphatic carbocycles. The number of phosphoric acid groups is 2. The fraction of sp³-hybridized carbons (Fsp3) is 0.888. The topological polar surface area (TPSA) is 305 Å². The van der Waals surface area contributed by atoms with Crippen LogP contribution < -0.4 is 31.1 Å². The summed E-state index contributed by atoms with van der Waals surface area (Å²) in [5, 5.41) is 10.6. The van der Waals surface area contributed by atoms with Crippen LogP contribution in [0.5, 0.6) is 0 Å². The van der Waals surface area contributed by atoms with Gasteiger partial charge in [0.05, 0.1) is 64.9 Å². The van der Waals surface area contributed by atoms with Crippen molar-refractivity contribution in [2.45, 2.75) is 445 Å². The molecule has 4 amide bonds. The number of carbonyl (C=O) groups excluding carboxylic acids is 6. The normalized spacial score (nSPS) is 13.9. The zero-order chi connectivity index (χ0) is 82.9. The molecule has 0 aromatic carbocycles. The molecule has 0 aromatic rings. The van der Waals surface area contributed by atoms with Crippen LogP contribution in [0.3, 0.4) is 0 Å². The maximum absolute atomic E-state index is 13.3. The molecule has 6 unspecified atom stereocenters. The van der Waals surface area contributed by atoms with E-state index in [-0.39, 0.29) is 88.3 Å². The van der Waals surface area contributed by atoms with Crippen LogP contribution in [-0.4, -0.2) is 126 Å². The number of ether oxygens (including phenoxy) is 4. The summed E-state index contributed by atoms with van der Waals surface area (Å²) in [5.74, 6) is -2.57. The van der Waals surface area contributed by atoms with Gasteiger partial charge < -0.3 is 68.1 Å². The molecule has 0 heterocycles. The van der Waals surface area contributed by atoms with E-state index < -0.39 is 72.4 Å². The summed E-state index contributed by atoms with van der Waals surface area (Å²) < 4.78 is 70.8. The Hall–Kier alpha value is -3.56. The number of nitrogens with one attached hydrogen (secondary N) is 4. The van der Waals surface area contributed by atoms with Crippen molar-refractivity contribution >= 4 is 51.2 Å². The minimum Gasteiger partial charge on any atom is -0.756 e. The lowest BCUT2D eigenvalue weighted by Crippen LogP contribution is -2.42. The van der Waals surface area contributed by atoms with Crippen LogP contribution in [0.15, 0.2) is 24.3 Å². The number of esters is 2. The zero-order valence-corrected chi connectivity index (χ0v) is 74.4. The largest absolute Gasteiger partial charge is 0.756 e. The minimum absolute atomic E-state index is 0.0839. The average molecular weight is 1640 g/mol. The van der Waals surface area contributed by atoms with Crippen LogP contribution in [0.2, 0.25) is 0 Å². The van der Waals surface area contributed by atoms with Gasteiger partial charge in [-0.2, -0.15) is 0 Å². The Morgan fingerprint density at radius 2 is 0.575 bits per heavy atom. The SMILES string of the molecule is CCCCCC/C=C\CCCC(=O)OC(CCCCCCC)CCOCC(COP(=O)([O-])OCCNC(=O)CC(=O)NCCOP(=O)([O-])OCC(COCCC(CCCCCCC)OC(=O)CCC/C=C\CCCCCC)NC(=O)CCCCCCCCCCCCCCC)NC(=O)CCCCCCCCCCCCCCC. The van der Waals surface area contributed by atoms with Crippen molar-refractivity contribution in [3.8, 4) is 0 Å². The second-order valence-electron chi connectivity index (χ2n) is 31.3. The fourth-order valence-electron chi connectivity index (χ4n) is 13.3. The van der Waals surface area contributed by atoms with Gasteiger partial charge >= 0.3 is 11.9 Å². The Morgan fingerprint density at radius 3 is 0.885 bits per heavy atom. The first-order valence-electron chi connectivity index (χ1n) is 46.1. The summed E-state index contributed by atoms with van der Waals surface area (Å²) >= 11 is 0. The molecule has 0 saturated carbocycles. The van der Waals surface area contributed by atoms with E-state index >= 15 is 0 Å². The highest BCUT2D eigenvalue weighted by molar-refractivity contribution is 7.46. The van der Waals surface area contributed by atoms with Crippen molar-refractivity contribution in [3.63, 3.8) is 0 Å². The molecule has 664 valence electrons. The second kappa shape index (κ2) is 82.2. The van der Waals surface area contributed by atoms with Gasteiger partial charge in [-0.3, -0.25) is 37.9 Å². The van der Waals surface area contributed by atoms with Crippen LogP contribution in [0.4, 0.5) is 0 Å². The van der Waals surface area contributed by atoms with Gasteiger partial charge in [0.2, 0.25) is 23.6 Å². The summed E-state index contributed by atoms with van der Waals surface area (Å²) in [6.07, 6.45) is 66.3. The summed E-state index contributed by atoms with van der Waals surface area (Å²) in [6.45, 7) is 10.7.